The number of unbranched alkanes of at least 4 members (excludes halogenated alkanes) is 5. The summed E-state index contributed by atoms with van der Waals surface area (Å²) in [6.07, 6.45) is 8.62. The first kappa shape index (κ1) is 32.3. The molecule has 0 amide bonds. The number of hydrogen-bond acceptors (Lipinski definition) is 0. The lowest BCUT2D eigenvalue weighted by molar-refractivity contribution is 0.624. The van der Waals surface area contributed by atoms with Crippen LogP contribution >= 0.6 is 24.8 Å². The average Bonchev–Trinajstić information content (AvgIpc) is 2.72. The molecule has 0 saturated heterocycles. The molecule has 0 N–H and O–H groups in total. The lowest BCUT2D eigenvalue weighted by Crippen LogP contribution is -2.00. The van der Waals surface area contributed by atoms with E-state index in [1.807, 2.05) is 0 Å². The Hall–Kier alpha value is 0.0849. The number of benzene rings is 2. The third-order valence-corrected chi connectivity index (χ3v) is 8.46. The van der Waals surface area contributed by atoms with Crippen molar-refractivity contribution in [3.05, 3.63) is 71.8 Å². The third-order valence-electron chi connectivity index (χ3n) is 4.85. The van der Waals surface area contributed by atoms with E-state index >= 15 is 0 Å². The van der Waals surface area contributed by atoms with Gasteiger partial charge in [0.25, 0.3) is 0 Å². The second kappa shape index (κ2) is 23.7. The summed E-state index contributed by atoms with van der Waals surface area (Å²) in [6, 6.07) is 21.7. The molecule has 0 aliphatic heterocycles. The molecule has 2 radical (unpaired) electrons. The van der Waals surface area contributed by atoms with Gasteiger partial charge in [-0.3, -0.25) is 0 Å². The molecule has 0 spiro atoms. The molecule has 0 aromatic heterocycles. The molecule has 2 aromatic rings. The van der Waals surface area contributed by atoms with Crippen LogP contribution in [0.25, 0.3) is 0 Å². The summed E-state index contributed by atoms with van der Waals surface area (Å²) in [7, 11) is 0. The molecule has 4 heteroatoms. The Balaban J connectivity index is 0. The molecule has 30 heavy (non-hydrogen) atoms. The van der Waals surface area contributed by atoms with Gasteiger partial charge in [-0.2, -0.15) is 0 Å². The standard InChI is InChI=1S/C8H17.2C7H7.C4H9.2Al.2ClH/c1-3-5-7-8-6-4-2;2*1-7-5-3-2-4-6-7;1-4(2)3;;;;/h1,3-8H2,2H3;2*2-6H,1H2;4H,1H2,2-3H3;;;2*1H. The van der Waals surface area contributed by atoms with Crippen molar-refractivity contribution >= 4 is 55.3 Å². The summed E-state index contributed by atoms with van der Waals surface area (Å²) in [5, 5.41) is 5.57. The van der Waals surface area contributed by atoms with Crippen LogP contribution in [-0.2, 0) is 10.6 Å². The van der Waals surface area contributed by atoms with E-state index in [2.05, 4.69) is 81.4 Å². The lowest BCUT2D eigenvalue weighted by atomic mass is 10.1. The zero-order chi connectivity index (χ0) is 20.3. The molecular formula is C26H42Al2Cl2. The molecular weight excluding hydrogens is 437 g/mol. The van der Waals surface area contributed by atoms with Gasteiger partial charge in [0, 0.05) is 0 Å². The molecule has 166 valence electrons. The molecule has 0 unspecified atom stereocenters. The molecule has 2 aromatic carbocycles. The first-order chi connectivity index (χ1) is 13.7. The monoisotopic (exact) mass is 478 g/mol. The summed E-state index contributed by atoms with van der Waals surface area (Å²) in [5.41, 5.74) is 3.04. The minimum atomic E-state index is 0. The summed E-state index contributed by atoms with van der Waals surface area (Å²) in [4.78, 5) is 0. The van der Waals surface area contributed by atoms with Crippen molar-refractivity contribution < 1.29 is 0 Å². The maximum absolute atomic E-state index is 2.30. The highest BCUT2D eigenvalue weighted by Crippen LogP contribution is 2.08. The van der Waals surface area contributed by atoms with E-state index in [0.717, 1.165) is 5.92 Å². The predicted molar refractivity (Wildman–Crippen MR) is 144 cm³/mol. The van der Waals surface area contributed by atoms with Crippen LogP contribution in [0.15, 0.2) is 60.7 Å². The average molecular weight is 479 g/mol. The molecule has 0 aliphatic rings. The zero-order valence-electron chi connectivity index (χ0n) is 19.4. The van der Waals surface area contributed by atoms with Crippen LogP contribution in [0.3, 0.4) is 0 Å². The van der Waals surface area contributed by atoms with Crippen LogP contribution in [0, 0.1) is 5.92 Å². The van der Waals surface area contributed by atoms with Crippen LogP contribution in [0.1, 0.15) is 70.4 Å². The molecule has 0 saturated carbocycles. The normalized spacial score (nSPS) is 9.60. The van der Waals surface area contributed by atoms with Crippen LogP contribution in [0.5, 0.6) is 0 Å². The van der Waals surface area contributed by atoms with Gasteiger partial charge in [-0.05, 0) is 0 Å². The number of rotatable bonds is 13. The Morgan fingerprint density at radius 3 is 1.60 bits per heavy atom. The van der Waals surface area contributed by atoms with Gasteiger partial charge in [-0.15, -0.1) is 35.4 Å². The fraction of sp³-hybridized carbons (Fsp3) is 0.538. The Kier molecular flexibility index (Phi) is 25.5. The molecule has 0 heterocycles. The Morgan fingerprint density at radius 2 is 1.10 bits per heavy atom. The lowest BCUT2D eigenvalue weighted by Gasteiger charge is -2.02. The van der Waals surface area contributed by atoms with E-state index in [9.17, 15) is 0 Å². The molecule has 0 fully saturated rings. The fourth-order valence-corrected chi connectivity index (χ4v) is 5.98. The smallest absolute Gasteiger partial charge is 0.147 e. The molecule has 0 bridgehead atoms. The van der Waals surface area contributed by atoms with E-state index in [4.69, 9.17) is 0 Å². The first-order valence-electron chi connectivity index (χ1n) is 11.4. The highest BCUT2D eigenvalue weighted by Gasteiger charge is 1.98. The predicted octanol–water partition coefficient (Wildman–Crippen LogP) is 8.48. The highest BCUT2D eigenvalue weighted by molar-refractivity contribution is 6.35. The van der Waals surface area contributed by atoms with Crippen LogP contribution in [0.4, 0.5) is 0 Å². The minimum absolute atomic E-state index is 0. The van der Waals surface area contributed by atoms with Crippen LogP contribution < -0.4 is 0 Å². The molecule has 0 atom stereocenters. The van der Waals surface area contributed by atoms with Gasteiger partial charge in [-0.25, -0.2) is 0 Å². The van der Waals surface area contributed by atoms with Gasteiger partial charge >= 0.3 is 0 Å². The van der Waals surface area contributed by atoms with E-state index < -0.39 is 0 Å². The van der Waals surface area contributed by atoms with Crippen LogP contribution in [-0.4, -0.2) is 30.4 Å². The quantitative estimate of drug-likeness (QED) is 0.200. The van der Waals surface area contributed by atoms with E-state index in [1.54, 1.807) is 0 Å². The Morgan fingerprint density at radius 1 is 0.633 bits per heavy atom. The van der Waals surface area contributed by atoms with Crippen molar-refractivity contribution in [3.63, 3.8) is 0 Å². The Bertz CT molecular complexity index is 562. The molecule has 2 rings (SSSR count). The zero-order valence-corrected chi connectivity index (χ0v) is 23.3. The molecule has 0 nitrogen and oxygen atoms in total. The number of hydrogen-bond donors (Lipinski definition) is 0. The van der Waals surface area contributed by atoms with Gasteiger partial charge in [0.05, 0.1) is 0 Å². The van der Waals surface area contributed by atoms with Gasteiger partial charge in [0.15, 0.2) is 0 Å². The number of halogens is 2. The van der Waals surface area contributed by atoms with E-state index in [-0.39, 0.29) is 24.8 Å². The first-order valence-corrected chi connectivity index (χ1v) is 14.7. The van der Waals surface area contributed by atoms with E-state index in [1.165, 1.54) is 70.8 Å². The van der Waals surface area contributed by atoms with Crippen molar-refractivity contribution in [3.8, 4) is 0 Å². The third kappa shape index (κ3) is 20.0. The summed E-state index contributed by atoms with van der Waals surface area (Å²) >= 11 is 1.28. The van der Waals surface area contributed by atoms with Gasteiger partial charge < -0.3 is 0 Å². The van der Waals surface area contributed by atoms with Gasteiger partial charge in [-0.1, -0.05) is 148 Å². The van der Waals surface area contributed by atoms with Crippen molar-refractivity contribution in [2.45, 2.75) is 80.4 Å². The second-order valence-corrected chi connectivity index (χ2v) is 11.2. The van der Waals surface area contributed by atoms with Gasteiger partial charge in [0.1, 0.15) is 0 Å². The minimum Gasteiger partial charge on any atom is -0.147 e. The highest BCUT2D eigenvalue weighted by atomic mass is 35.5. The van der Waals surface area contributed by atoms with Crippen molar-refractivity contribution in [2.75, 3.05) is 0 Å². The van der Waals surface area contributed by atoms with Crippen LogP contribution in [0.2, 0.25) is 10.6 Å². The largest absolute Gasteiger partial charge is 0.207 e. The maximum Gasteiger partial charge on any atom is 0.207 e. The van der Waals surface area contributed by atoms with Crippen molar-refractivity contribution in [2.24, 2.45) is 5.92 Å². The van der Waals surface area contributed by atoms with Crippen molar-refractivity contribution in [1.82, 2.24) is 0 Å². The van der Waals surface area contributed by atoms with Gasteiger partial charge in [0.2, 0.25) is 30.4 Å². The Labute approximate surface area is 212 Å². The summed E-state index contributed by atoms with van der Waals surface area (Å²) < 4.78 is 0. The molecule has 0 aliphatic carbocycles. The van der Waals surface area contributed by atoms with E-state index in [0.29, 0.717) is 30.4 Å². The summed E-state index contributed by atoms with van der Waals surface area (Å²) in [6.45, 7) is 6.89. The second-order valence-electron chi connectivity index (χ2n) is 8.14. The summed E-state index contributed by atoms with van der Waals surface area (Å²) in [5.74, 6) is 0.878. The maximum atomic E-state index is 2.30. The van der Waals surface area contributed by atoms with Crippen molar-refractivity contribution in [1.29, 1.82) is 0 Å². The SMILES string of the molecule is CC(C)[CH2][Al][CH2]c1ccccc1.CCCCCCC[CH2][Al][CH2]c1ccccc1.Cl.Cl. The topological polar surface area (TPSA) is 0 Å². The fourth-order valence-electron chi connectivity index (χ4n) is 3.15.